The summed E-state index contributed by atoms with van der Waals surface area (Å²) in [5, 5.41) is 4.12. The van der Waals surface area contributed by atoms with E-state index in [2.05, 4.69) is 51.0 Å². The summed E-state index contributed by atoms with van der Waals surface area (Å²) in [5.74, 6) is 0.631. The molecule has 8 heteroatoms. The maximum atomic E-state index is 12.1. The number of benzene rings is 1. The van der Waals surface area contributed by atoms with Crippen LogP contribution >= 0.6 is 23.2 Å². The smallest absolute Gasteiger partial charge is 0.252 e. The van der Waals surface area contributed by atoms with Gasteiger partial charge >= 0.3 is 0 Å². The topological polar surface area (TPSA) is 51.7 Å². The first-order valence-electron chi connectivity index (χ1n) is 12.3. The van der Waals surface area contributed by atoms with Gasteiger partial charge in [-0.1, -0.05) is 35.3 Å². The van der Waals surface area contributed by atoms with Crippen LogP contribution in [0.3, 0.4) is 0 Å². The third-order valence-electron chi connectivity index (χ3n) is 7.27. The summed E-state index contributed by atoms with van der Waals surface area (Å²) in [6.45, 7) is 12.0. The standard InChI is InChI=1S/C26H35Cl2N5O/c1-4-29-26(34)21-15-24(28)25(30-16-21)32-13-14-33(18(2)17-32)23-9-11-31(12-10-23)19(3)20-5-7-22(27)8-6-20/h5-8,15-16,18-19,23H,4,9-14,17H2,1-3H3,(H,29,34)/t18-,19+/m0/s1. The van der Waals surface area contributed by atoms with Crippen LogP contribution in [-0.2, 0) is 0 Å². The number of amides is 1. The fraction of sp³-hybridized carbons (Fsp3) is 0.538. The number of rotatable bonds is 6. The second-order valence-electron chi connectivity index (χ2n) is 9.42. The number of carbonyl (C=O) groups is 1. The van der Waals surface area contributed by atoms with E-state index >= 15 is 0 Å². The number of hydrogen-bond donors (Lipinski definition) is 1. The normalized spacial score (nSPS) is 21.4. The van der Waals surface area contributed by atoms with Crippen molar-refractivity contribution in [3.63, 3.8) is 0 Å². The maximum absolute atomic E-state index is 12.1. The second kappa shape index (κ2) is 11.3. The number of nitrogens with zero attached hydrogens (tertiary/aromatic N) is 4. The molecule has 2 saturated heterocycles. The molecule has 0 spiro atoms. The minimum absolute atomic E-state index is 0.140. The van der Waals surface area contributed by atoms with Crippen LogP contribution in [0.25, 0.3) is 0 Å². The summed E-state index contributed by atoms with van der Waals surface area (Å²) in [7, 11) is 0. The van der Waals surface area contributed by atoms with Crippen LogP contribution in [0.15, 0.2) is 36.5 Å². The number of hydrogen-bond acceptors (Lipinski definition) is 5. The van der Waals surface area contributed by atoms with E-state index in [0.29, 0.717) is 35.3 Å². The zero-order valence-corrected chi connectivity index (χ0v) is 21.8. The molecule has 2 atom stereocenters. The number of aromatic nitrogens is 1. The van der Waals surface area contributed by atoms with Crippen molar-refractivity contribution in [3.8, 4) is 0 Å². The Morgan fingerprint density at radius 2 is 1.85 bits per heavy atom. The van der Waals surface area contributed by atoms with E-state index in [4.69, 9.17) is 23.2 Å². The molecule has 1 amide bonds. The third kappa shape index (κ3) is 5.68. The maximum Gasteiger partial charge on any atom is 0.252 e. The highest BCUT2D eigenvalue weighted by atomic mass is 35.5. The van der Waals surface area contributed by atoms with Crippen LogP contribution in [0.5, 0.6) is 0 Å². The molecular formula is C26H35Cl2N5O. The van der Waals surface area contributed by atoms with Gasteiger partial charge in [-0.25, -0.2) is 4.98 Å². The monoisotopic (exact) mass is 503 g/mol. The summed E-state index contributed by atoms with van der Waals surface area (Å²) in [4.78, 5) is 24.1. The van der Waals surface area contributed by atoms with Gasteiger partial charge in [-0.05, 0) is 57.4 Å². The van der Waals surface area contributed by atoms with E-state index in [-0.39, 0.29) is 5.91 Å². The molecule has 4 rings (SSSR count). The average Bonchev–Trinajstić information content (AvgIpc) is 2.84. The fourth-order valence-electron chi connectivity index (χ4n) is 5.31. The van der Waals surface area contributed by atoms with Crippen molar-refractivity contribution in [1.29, 1.82) is 0 Å². The van der Waals surface area contributed by atoms with Gasteiger partial charge in [-0.15, -0.1) is 0 Å². The predicted molar refractivity (Wildman–Crippen MR) is 140 cm³/mol. The molecule has 184 valence electrons. The lowest BCUT2D eigenvalue weighted by Crippen LogP contribution is -2.57. The summed E-state index contributed by atoms with van der Waals surface area (Å²) >= 11 is 12.6. The number of nitrogens with one attached hydrogen (secondary N) is 1. The lowest BCUT2D eigenvalue weighted by Gasteiger charge is -2.47. The first kappa shape index (κ1) is 25.2. The lowest BCUT2D eigenvalue weighted by atomic mass is 9.97. The molecule has 6 nitrogen and oxygen atoms in total. The second-order valence-corrected chi connectivity index (χ2v) is 10.3. The summed E-state index contributed by atoms with van der Waals surface area (Å²) in [5.41, 5.74) is 1.83. The van der Waals surface area contributed by atoms with Crippen molar-refractivity contribution in [1.82, 2.24) is 20.1 Å². The molecule has 1 aromatic heterocycles. The van der Waals surface area contributed by atoms with Crippen LogP contribution < -0.4 is 10.2 Å². The van der Waals surface area contributed by atoms with Gasteiger partial charge in [-0.2, -0.15) is 0 Å². The van der Waals surface area contributed by atoms with Crippen molar-refractivity contribution in [2.75, 3.05) is 44.2 Å². The van der Waals surface area contributed by atoms with Gasteiger partial charge in [0.2, 0.25) is 0 Å². The van der Waals surface area contributed by atoms with Gasteiger partial charge in [-0.3, -0.25) is 14.6 Å². The van der Waals surface area contributed by atoms with Crippen molar-refractivity contribution < 1.29 is 4.79 Å². The molecule has 2 fully saturated rings. The Labute approximate surface area is 213 Å². The van der Waals surface area contributed by atoms with Crippen LogP contribution in [0, 0.1) is 0 Å². The highest BCUT2D eigenvalue weighted by molar-refractivity contribution is 6.33. The Morgan fingerprint density at radius 1 is 1.15 bits per heavy atom. The van der Waals surface area contributed by atoms with Crippen molar-refractivity contribution >= 4 is 34.9 Å². The first-order chi connectivity index (χ1) is 16.4. The fourth-order valence-corrected chi connectivity index (χ4v) is 5.73. The van der Waals surface area contributed by atoms with Gasteiger partial charge in [0, 0.05) is 68.6 Å². The summed E-state index contributed by atoms with van der Waals surface area (Å²) in [6, 6.07) is 11.4. The van der Waals surface area contributed by atoms with Crippen molar-refractivity contribution in [3.05, 3.63) is 57.7 Å². The minimum Gasteiger partial charge on any atom is -0.353 e. The van der Waals surface area contributed by atoms with Gasteiger partial charge in [0.1, 0.15) is 5.82 Å². The van der Waals surface area contributed by atoms with E-state index in [0.717, 1.165) is 43.6 Å². The van der Waals surface area contributed by atoms with Crippen LogP contribution in [-0.4, -0.2) is 72.0 Å². The molecule has 0 unspecified atom stereocenters. The van der Waals surface area contributed by atoms with E-state index in [1.54, 1.807) is 12.3 Å². The van der Waals surface area contributed by atoms with E-state index in [1.165, 1.54) is 18.4 Å². The zero-order valence-electron chi connectivity index (χ0n) is 20.3. The molecule has 1 aromatic carbocycles. The zero-order chi connectivity index (χ0) is 24.2. The molecule has 0 aliphatic carbocycles. The van der Waals surface area contributed by atoms with Crippen LogP contribution in [0.4, 0.5) is 5.82 Å². The molecule has 2 aliphatic rings. The minimum atomic E-state index is -0.140. The number of piperazine rings is 1. The molecule has 0 bridgehead atoms. The number of likely N-dealkylation sites (tertiary alicyclic amines) is 1. The molecule has 3 heterocycles. The van der Waals surface area contributed by atoms with Crippen molar-refractivity contribution in [2.24, 2.45) is 0 Å². The lowest BCUT2D eigenvalue weighted by molar-refractivity contribution is 0.0583. The molecule has 0 radical (unpaired) electrons. The van der Waals surface area contributed by atoms with E-state index in [9.17, 15) is 4.79 Å². The average molecular weight is 505 g/mol. The Bertz CT molecular complexity index is 978. The van der Waals surface area contributed by atoms with Gasteiger partial charge in [0.15, 0.2) is 0 Å². The van der Waals surface area contributed by atoms with Crippen molar-refractivity contribution in [2.45, 2.75) is 51.7 Å². The number of halogens is 2. The number of pyridine rings is 1. The molecular weight excluding hydrogens is 469 g/mol. The Morgan fingerprint density at radius 3 is 2.47 bits per heavy atom. The Balaban J connectivity index is 1.32. The third-order valence-corrected chi connectivity index (χ3v) is 7.80. The molecule has 2 aromatic rings. The highest BCUT2D eigenvalue weighted by Gasteiger charge is 2.33. The predicted octanol–water partition coefficient (Wildman–Crippen LogP) is 4.87. The first-order valence-corrected chi connectivity index (χ1v) is 13.1. The van der Waals surface area contributed by atoms with E-state index < -0.39 is 0 Å². The SMILES string of the molecule is CCNC(=O)c1cnc(N2CCN(C3CCN([C@H](C)c4ccc(Cl)cc4)CC3)[C@@H](C)C2)c(Cl)c1. The Hall–Kier alpha value is -1.86. The van der Waals surface area contributed by atoms with Gasteiger partial charge < -0.3 is 10.2 Å². The van der Waals surface area contributed by atoms with Crippen LogP contribution in [0.1, 0.15) is 55.6 Å². The van der Waals surface area contributed by atoms with E-state index in [1.807, 2.05) is 19.1 Å². The van der Waals surface area contributed by atoms with Crippen LogP contribution in [0.2, 0.25) is 10.0 Å². The molecule has 2 aliphatic heterocycles. The summed E-state index contributed by atoms with van der Waals surface area (Å²) in [6.07, 6.45) is 3.99. The number of carbonyl (C=O) groups excluding carboxylic acids is 1. The Kier molecular flexibility index (Phi) is 8.35. The highest BCUT2D eigenvalue weighted by Crippen LogP contribution is 2.31. The quantitative estimate of drug-likeness (QED) is 0.608. The largest absolute Gasteiger partial charge is 0.353 e. The number of anilines is 1. The molecule has 0 saturated carbocycles. The van der Waals surface area contributed by atoms with Gasteiger partial charge in [0.05, 0.1) is 10.6 Å². The molecule has 34 heavy (non-hydrogen) atoms. The number of piperidine rings is 1. The van der Waals surface area contributed by atoms with Gasteiger partial charge in [0.25, 0.3) is 5.91 Å². The summed E-state index contributed by atoms with van der Waals surface area (Å²) < 4.78 is 0. The molecule has 1 N–H and O–H groups in total.